The first-order valence-corrected chi connectivity index (χ1v) is 13.5. The monoisotopic (exact) mass is 457 g/mol. The minimum atomic E-state index is -3.72. The number of nitrogens with one attached hydrogen (secondary N) is 1. The number of carbonyl (C=O) groups is 1. The zero-order valence-corrected chi connectivity index (χ0v) is 20.1. The largest absolute Gasteiger partial charge is 0.356 e. The highest BCUT2D eigenvalue weighted by atomic mass is 32.2. The summed E-state index contributed by atoms with van der Waals surface area (Å²) in [6.45, 7) is 5.27. The standard InChI is InChI=1S/C25H35N3O3S/c1-3-22-23(19-12-10-18(2)11-13-19)32(30,31)27-24(22)28-16-14-20(15-17-28)25(29)26-21-8-6-4-5-7-9-21/h10-13,20-21H,3-9,14-17H2,1-2H3,(H,26,29). The Morgan fingerprint density at radius 2 is 1.66 bits per heavy atom. The summed E-state index contributed by atoms with van der Waals surface area (Å²) in [6, 6.07) is 7.91. The topological polar surface area (TPSA) is 78.8 Å². The van der Waals surface area contributed by atoms with Crippen LogP contribution in [0.1, 0.15) is 75.8 Å². The summed E-state index contributed by atoms with van der Waals surface area (Å²) in [5.41, 5.74) is 2.58. The van der Waals surface area contributed by atoms with Crippen LogP contribution in [0.2, 0.25) is 0 Å². The molecule has 0 atom stereocenters. The molecule has 6 nitrogen and oxygen atoms in total. The summed E-state index contributed by atoms with van der Waals surface area (Å²) < 4.78 is 30.1. The molecular weight excluding hydrogens is 422 g/mol. The molecule has 0 unspecified atom stereocenters. The van der Waals surface area contributed by atoms with Crippen LogP contribution in [0.15, 0.2) is 34.2 Å². The summed E-state index contributed by atoms with van der Waals surface area (Å²) in [4.78, 5) is 15.2. The van der Waals surface area contributed by atoms with E-state index < -0.39 is 10.0 Å². The maximum Gasteiger partial charge on any atom is 0.285 e. The molecule has 0 spiro atoms. The third kappa shape index (κ3) is 4.92. The first-order chi connectivity index (χ1) is 15.4. The molecule has 0 radical (unpaired) electrons. The van der Waals surface area contributed by atoms with Crippen LogP contribution >= 0.6 is 0 Å². The smallest absolute Gasteiger partial charge is 0.285 e. The van der Waals surface area contributed by atoms with Crippen LogP contribution in [0.4, 0.5) is 0 Å². The molecule has 1 N–H and O–H groups in total. The summed E-state index contributed by atoms with van der Waals surface area (Å²) in [5.74, 6) is 0.744. The predicted octanol–water partition coefficient (Wildman–Crippen LogP) is 4.41. The number of carbonyl (C=O) groups excluding carboxylic acids is 1. The molecule has 0 aromatic heterocycles. The van der Waals surface area contributed by atoms with E-state index in [4.69, 9.17) is 0 Å². The van der Waals surface area contributed by atoms with Gasteiger partial charge in [0.1, 0.15) is 10.7 Å². The maximum absolute atomic E-state index is 13.0. The number of benzene rings is 1. The second-order valence-corrected chi connectivity index (χ2v) is 10.9. The minimum absolute atomic E-state index is 0.00117. The second-order valence-electron chi connectivity index (χ2n) is 9.38. The predicted molar refractivity (Wildman–Crippen MR) is 129 cm³/mol. The minimum Gasteiger partial charge on any atom is -0.356 e. The first kappa shape index (κ1) is 23.0. The van der Waals surface area contributed by atoms with Gasteiger partial charge >= 0.3 is 0 Å². The lowest BCUT2D eigenvalue weighted by atomic mass is 9.94. The number of hydrogen-bond donors (Lipinski definition) is 1. The van der Waals surface area contributed by atoms with Crippen molar-refractivity contribution in [3.05, 3.63) is 41.0 Å². The molecule has 1 saturated heterocycles. The number of rotatable bonds is 4. The fourth-order valence-electron chi connectivity index (χ4n) is 5.16. The summed E-state index contributed by atoms with van der Waals surface area (Å²) in [6.07, 6.45) is 9.19. The molecular formula is C25H35N3O3S. The SMILES string of the molecule is CCC1=C(c2ccc(C)cc2)S(=O)(=O)N=C1N1CCC(C(=O)NC2CCCCCC2)CC1. The van der Waals surface area contributed by atoms with E-state index in [1.54, 1.807) is 0 Å². The second kappa shape index (κ2) is 9.77. The highest BCUT2D eigenvalue weighted by molar-refractivity contribution is 8.00. The molecule has 1 aromatic carbocycles. The molecule has 7 heteroatoms. The van der Waals surface area contributed by atoms with E-state index in [2.05, 4.69) is 14.6 Å². The van der Waals surface area contributed by atoms with Crippen LogP contribution in [0.25, 0.3) is 4.91 Å². The van der Waals surface area contributed by atoms with Crippen LogP contribution < -0.4 is 5.32 Å². The lowest BCUT2D eigenvalue weighted by Crippen LogP contribution is -2.45. The molecule has 3 aliphatic rings. The normalized spacial score (nSPS) is 22.6. The van der Waals surface area contributed by atoms with Gasteiger partial charge in [0.05, 0.1) is 0 Å². The number of aryl methyl sites for hydroxylation is 1. The van der Waals surface area contributed by atoms with Gasteiger partial charge in [-0.05, 0) is 44.6 Å². The lowest BCUT2D eigenvalue weighted by Gasteiger charge is -2.33. The molecule has 1 aliphatic carbocycles. The quantitative estimate of drug-likeness (QED) is 0.680. The van der Waals surface area contributed by atoms with Crippen LogP contribution in [-0.4, -0.2) is 44.2 Å². The number of likely N-dealkylation sites (tertiary alicyclic amines) is 1. The van der Waals surface area contributed by atoms with Gasteiger partial charge in [0.25, 0.3) is 10.0 Å². The molecule has 1 amide bonds. The highest BCUT2D eigenvalue weighted by Gasteiger charge is 2.37. The number of hydrogen-bond acceptors (Lipinski definition) is 4. The van der Waals surface area contributed by atoms with Gasteiger partial charge in [-0.15, -0.1) is 4.40 Å². The number of amidine groups is 1. The fourth-order valence-corrected chi connectivity index (χ4v) is 6.69. The summed E-state index contributed by atoms with van der Waals surface area (Å²) in [5, 5.41) is 3.29. The van der Waals surface area contributed by atoms with Gasteiger partial charge in [-0.25, -0.2) is 0 Å². The Hall–Kier alpha value is -2.15. The Morgan fingerprint density at radius 3 is 2.25 bits per heavy atom. The number of amides is 1. The molecule has 2 aliphatic heterocycles. The first-order valence-electron chi connectivity index (χ1n) is 12.1. The summed E-state index contributed by atoms with van der Waals surface area (Å²) in [7, 11) is -3.72. The van der Waals surface area contributed by atoms with Gasteiger partial charge in [-0.3, -0.25) is 4.79 Å². The Morgan fingerprint density at radius 1 is 1.03 bits per heavy atom. The van der Waals surface area contributed by atoms with Crippen molar-refractivity contribution < 1.29 is 13.2 Å². The van der Waals surface area contributed by atoms with E-state index in [0.717, 1.165) is 36.8 Å². The van der Waals surface area contributed by atoms with E-state index in [0.29, 0.717) is 41.9 Å². The van der Waals surface area contributed by atoms with Gasteiger partial charge in [0, 0.05) is 30.6 Å². The molecule has 2 fully saturated rings. The zero-order valence-electron chi connectivity index (χ0n) is 19.3. The van der Waals surface area contributed by atoms with Gasteiger partial charge in [-0.1, -0.05) is 62.4 Å². The van der Waals surface area contributed by atoms with Gasteiger partial charge in [0.2, 0.25) is 5.91 Å². The van der Waals surface area contributed by atoms with Crippen molar-refractivity contribution >= 4 is 26.7 Å². The van der Waals surface area contributed by atoms with E-state index in [1.165, 1.54) is 25.7 Å². The Bertz CT molecular complexity index is 995. The fraction of sp³-hybridized carbons (Fsp3) is 0.600. The van der Waals surface area contributed by atoms with Crippen molar-refractivity contribution in [2.24, 2.45) is 10.3 Å². The zero-order chi connectivity index (χ0) is 22.7. The Labute approximate surface area is 192 Å². The van der Waals surface area contributed by atoms with Crippen molar-refractivity contribution in [2.75, 3.05) is 13.1 Å². The maximum atomic E-state index is 13.0. The Balaban J connectivity index is 1.44. The molecule has 1 aromatic rings. The lowest BCUT2D eigenvalue weighted by molar-refractivity contribution is -0.127. The van der Waals surface area contributed by atoms with Gasteiger partial charge in [0.15, 0.2) is 0 Å². The van der Waals surface area contributed by atoms with Crippen LogP contribution in [-0.2, 0) is 14.8 Å². The highest BCUT2D eigenvalue weighted by Crippen LogP contribution is 2.36. The van der Waals surface area contributed by atoms with E-state index >= 15 is 0 Å². The molecule has 1 saturated carbocycles. The Kier molecular flexibility index (Phi) is 7.03. The average Bonchev–Trinajstić information content (AvgIpc) is 2.92. The molecule has 174 valence electrons. The third-order valence-electron chi connectivity index (χ3n) is 7.04. The number of nitrogens with zero attached hydrogens (tertiary/aromatic N) is 2. The van der Waals surface area contributed by atoms with Crippen LogP contribution in [0.5, 0.6) is 0 Å². The van der Waals surface area contributed by atoms with Crippen molar-refractivity contribution in [2.45, 2.75) is 77.7 Å². The molecule has 0 bridgehead atoms. The van der Waals surface area contributed by atoms with E-state index in [1.807, 2.05) is 38.1 Å². The van der Waals surface area contributed by atoms with Crippen molar-refractivity contribution in [3.8, 4) is 0 Å². The van der Waals surface area contributed by atoms with Gasteiger partial charge < -0.3 is 10.2 Å². The van der Waals surface area contributed by atoms with Crippen molar-refractivity contribution in [1.29, 1.82) is 0 Å². The van der Waals surface area contributed by atoms with Gasteiger partial charge in [-0.2, -0.15) is 8.42 Å². The molecule has 4 rings (SSSR count). The van der Waals surface area contributed by atoms with E-state index in [-0.39, 0.29) is 11.8 Å². The summed E-state index contributed by atoms with van der Waals surface area (Å²) >= 11 is 0. The van der Waals surface area contributed by atoms with Crippen molar-refractivity contribution in [3.63, 3.8) is 0 Å². The number of sulfonamides is 1. The molecule has 32 heavy (non-hydrogen) atoms. The van der Waals surface area contributed by atoms with Crippen LogP contribution in [0, 0.1) is 12.8 Å². The van der Waals surface area contributed by atoms with Crippen molar-refractivity contribution in [1.82, 2.24) is 10.2 Å². The molecule has 2 heterocycles. The number of piperidine rings is 1. The van der Waals surface area contributed by atoms with Crippen LogP contribution in [0.3, 0.4) is 0 Å². The average molecular weight is 458 g/mol. The van der Waals surface area contributed by atoms with E-state index in [9.17, 15) is 13.2 Å². The third-order valence-corrected chi connectivity index (χ3v) is 8.45.